The second-order valence-corrected chi connectivity index (χ2v) is 3.97. The summed E-state index contributed by atoms with van der Waals surface area (Å²) in [7, 11) is 0. The SMILES string of the molecule is CCN(CC)CC(CN)c1ccc(F)cc1. The lowest BCUT2D eigenvalue weighted by atomic mass is 9.98. The van der Waals surface area contributed by atoms with Gasteiger partial charge in [0.1, 0.15) is 5.82 Å². The summed E-state index contributed by atoms with van der Waals surface area (Å²) in [5.74, 6) is 0.0999. The molecule has 1 unspecified atom stereocenters. The van der Waals surface area contributed by atoms with E-state index in [2.05, 4.69) is 18.7 Å². The molecule has 1 aromatic rings. The number of halogens is 1. The van der Waals surface area contributed by atoms with Crippen molar-refractivity contribution < 1.29 is 4.39 Å². The fourth-order valence-electron chi connectivity index (χ4n) is 1.84. The maximum atomic E-state index is 12.8. The van der Waals surface area contributed by atoms with Crippen LogP contribution in [0.5, 0.6) is 0 Å². The zero-order chi connectivity index (χ0) is 12.0. The number of hydrogen-bond acceptors (Lipinski definition) is 2. The first-order valence-electron chi connectivity index (χ1n) is 5.89. The Balaban J connectivity index is 2.70. The van der Waals surface area contributed by atoms with Crippen molar-refractivity contribution in [1.82, 2.24) is 4.90 Å². The van der Waals surface area contributed by atoms with E-state index in [1.54, 1.807) is 0 Å². The Bertz CT molecular complexity index is 293. The highest BCUT2D eigenvalue weighted by molar-refractivity contribution is 5.21. The Morgan fingerprint density at radius 3 is 2.19 bits per heavy atom. The number of nitrogens with zero attached hydrogens (tertiary/aromatic N) is 1. The second kappa shape index (κ2) is 6.61. The van der Waals surface area contributed by atoms with Gasteiger partial charge in [0.15, 0.2) is 0 Å². The monoisotopic (exact) mass is 224 g/mol. The van der Waals surface area contributed by atoms with Crippen molar-refractivity contribution in [3.63, 3.8) is 0 Å². The molecule has 0 spiro atoms. The van der Waals surface area contributed by atoms with Crippen LogP contribution in [0.2, 0.25) is 0 Å². The van der Waals surface area contributed by atoms with Gasteiger partial charge in [-0.05, 0) is 30.8 Å². The van der Waals surface area contributed by atoms with Gasteiger partial charge >= 0.3 is 0 Å². The second-order valence-electron chi connectivity index (χ2n) is 3.97. The van der Waals surface area contributed by atoms with Crippen LogP contribution < -0.4 is 5.73 Å². The van der Waals surface area contributed by atoms with E-state index in [1.165, 1.54) is 12.1 Å². The fourth-order valence-corrected chi connectivity index (χ4v) is 1.84. The van der Waals surface area contributed by atoms with Gasteiger partial charge in [0, 0.05) is 19.0 Å². The number of nitrogens with two attached hydrogens (primary N) is 1. The van der Waals surface area contributed by atoms with Crippen molar-refractivity contribution in [2.75, 3.05) is 26.2 Å². The van der Waals surface area contributed by atoms with Crippen LogP contribution in [-0.2, 0) is 0 Å². The van der Waals surface area contributed by atoms with Crippen molar-refractivity contribution >= 4 is 0 Å². The van der Waals surface area contributed by atoms with Crippen molar-refractivity contribution in [1.29, 1.82) is 0 Å². The third-order valence-electron chi connectivity index (χ3n) is 3.00. The normalized spacial score (nSPS) is 13.1. The minimum absolute atomic E-state index is 0.192. The Kier molecular flexibility index (Phi) is 5.43. The quantitative estimate of drug-likeness (QED) is 0.802. The van der Waals surface area contributed by atoms with Crippen molar-refractivity contribution in [3.05, 3.63) is 35.6 Å². The molecule has 0 aliphatic heterocycles. The summed E-state index contributed by atoms with van der Waals surface area (Å²) in [5.41, 5.74) is 6.90. The Morgan fingerprint density at radius 2 is 1.75 bits per heavy atom. The molecular weight excluding hydrogens is 203 g/mol. The largest absolute Gasteiger partial charge is 0.330 e. The van der Waals surface area contributed by atoms with Crippen molar-refractivity contribution in [2.24, 2.45) is 5.73 Å². The molecule has 16 heavy (non-hydrogen) atoms. The molecule has 0 saturated heterocycles. The maximum absolute atomic E-state index is 12.8. The van der Waals surface area contributed by atoms with E-state index in [4.69, 9.17) is 5.73 Å². The van der Waals surface area contributed by atoms with Crippen LogP contribution in [0.1, 0.15) is 25.3 Å². The van der Waals surface area contributed by atoms with E-state index in [9.17, 15) is 4.39 Å². The first kappa shape index (κ1) is 13.1. The molecule has 2 nitrogen and oxygen atoms in total. The predicted octanol–water partition coefficient (Wildman–Crippen LogP) is 2.21. The average Bonchev–Trinajstić information content (AvgIpc) is 2.32. The summed E-state index contributed by atoms with van der Waals surface area (Å²) < 4.78 is 12.8. The molecule has 1 rings (SSSR count). The topological polar surface area (TPSA) is 29.3 Å². The third-order valence-corrected chi connectivity index (χ3v) is 3.00. The Hall–Kier alpha value is -0.930. The zero-order valence-electron chi connectivity index (χ0n) is 10.1. The van der Waals surface area contributed by atoms with Gasteiger partial charge in [0.25, 0.3) is 0 Å². The van der Waals surface area contributed by atoms with Gasteiger partial charge in [-0.1, -0.05) is 26.0 Å². The Morgan fingerprint density at radius 1 is 1.19 bits per heavy atom. The number of benzene rings is 1. The van der Waals surface area contributed by atoms with E-state index >= 15 is 0 Å². The standard InChI is InChI=1S/C13H21FN2/c1-3-16(4-2)10-12(9-15)11-5-7-13(14)8-6-11/h5-8,12H,3-4,9-10,15H2,1-2H3. The summed E-state index contributed by atoms with van der Waals surface area (Å²) in [6, 6.07) is 6.66. The summed E-state index contributed by atoms with van der Waals surface area (Å²) in [6.45, 7) is 7.86. The smallest absolute Gasteiger partial charge is 0.123 e. The summed E-state index contributed by atoms with van der Waals surface area (Å²) in [5, 5.41) is 0. The number of likely N-dealkylation sites (N-methyl/N-ethyl adjacent to an activating group) is 1. The number of rotatable bonds is 6. The molecule has 0 fully saturated rings. The molecule has 0 amide bonds. The van der Waals surface area contributed by atoms with Gasteiger partial charge in [0.05, 0.1) is 0 Å². The molecule has 1 aromatic carbocycles. The van der Waals surface area contributed by atoms with Crippen LogP contribution in [0.15, 0.2) is 24.3 Å². The van der Waals surface area contributed by atoms with Gasteiger partial charge in [-0.2, -0.15) is 0 Å². The molecule has 1 atom stereocenters. The molecule has 3 heteroatoms. The lowest BCUT2D eigenvalue weighted by molar-refractivity contribution is 0.284. The molecule has 0 saturated carbocycles. The molecule has 0 radical (unpaired) electrons. The molecule has 0 aromatic heterocycles. The van der Waals surface area contributed by atoms with Crippen LogP contribution in [0.4, 0.5) is 4.39 Å². The van der Waals surface area contributed by atoms with E-state index in [0.29, 0.717) is 12.5 Å². The number of hydrogen-bond donors (Lipinski definition) is 1. The highest BCUT2D eigenvalue weighted by Gasteiger charge is 2.12. The molecule has 0 heterocycles. The highest BCUT2D eigenvalue weighted by Crippen LogP contribution is 2.16. The van der Waals surface area contributed by atoms with Crippen LogP contribution in [0.25, 0.3) is 0 Å². The van der Waals surface area contributed by atoms with Crippen LogP contribution in [0, 0.1) is 5.82 Å². The Labute approximate surface area is 97.3 Å². The molecule has 0 aliphatic rings. The van der Waals surface area contributed by atoms with Gasteiger partial charge < -0.3 is 10.6 Å². The van der Waals surface area contributed by atoms with Gasteiger partial charge in [-0.3, -0.25) is 0 Å². The minimum atomic E-state index is -0.192. The summed E-state index contributed by atoms with van der Waals surface area (Å²) >= 11 is 0. The first-order valence-corrected chi connectivity index (χ1v) is 5.89. The predicted molar refractivity (Wildman–Crippen MR) is 66.0 cm³/mol. The van der Waals surface area contributed by atoms with E-state index in [-0.39, 0.29) is 5.82 Å². The lowest BCUT2D eigenvalue weighted by Gasteiger charge is -2.24. The average molecular weight is 224 g/mol. The minimum Gasteiger partial charge on any atom is -0.330 e. The summed E-state index contributed by atoms with van der Waals surface area (Å²) in [6.07, 6.45) is 0. The third kappa shape index (κ3) is 3.58. The molecule has 90 valence electrons. The highest BCUT2D eigenvalue weighted by atomic mass is 19.1. The van der Waals surface area contributed by atoms with Crippen molar-refractivity contribution in [3.8, 4) is 0 Å². The zero-order valence-corrected chi connectivity index (χ0v) is 10.1. The van der Waals surface area contributed by atoms with Gasteiger partial charge in [0.2, 0.25) is 0 Å². The maximum Gasteiger partial charge on any atom is 0.123 e. The van der Waals surface area contributed by atoms with E-state index in [0.717, 1.165) is 25.2 Å². The van der Waals surface area contributed by atoms with Gasteiger partial charge in [-0.15, -0.1) is 0 Å². The molecular formula is C13H21FN2. The van der Waals surface area contributed by atoms with E-state index < -0.39 is 0 Å². The molecule has 0 aliphatic carbocycles. The molecule has 2 N–H and O–H groups in total. The van der Waals surface area contributed by atoms with Crippen LogP contribution in [0.3, 0.4) is 0 Å². The van der Waals surface area contributed by atoms with E-state index in [1.807, 2.05) is 12.1 Å². The fraction of sp³-hybridized carbons (Fsp3) is 0.538. The van der Waals surface area contributed by atoms with Crippen LogP contribution >= 0.6 is 0 Å². The van der Waals surface area contributed by atoms with Crippen LogP contribution in [-0.4, -0.2) is 31.1 Å². The molecule has 0 bridgehead atoms. The lowest BCUT2D eigenvalue weighted by Crippen LogP contribution is -2.31. The van der Waals surface area contributed by atoms with Gasteiger partial charge in [-0.25, -0.2) is 4.39 Å². The first-order chi connectivity index (χ1) is 7.71. The van der Waals surface area contributed by atoms with Crippen molar-refractivity contribution in [2.45, 2.75) is 19.8 Å². The summed E-state index contributed by atoms with van der Waals surface area (Å²) in [4.78, 5) is 2.33.